The van der Waals surface area contributed by atoms with Crippen LogP contribution in [0.5, 0.6) is 0 Å². The number of halogens is 2. The Hall–Kier alpha value is -0.730. The van der Waals surface area contributed by atoms with E-state index >= 15 is 0 Å². The summed E-state index contributed by atoms with van der Waals surface area (Å²) in [5.41, 5.74) is 2.04. The molecule has 0 bridgehead atoms. The molecule has 1 heterocycles. The van der Waals surface area contributed by atoms with Crippen molar-refractivity contribution in [1.29, 1.82) is 0 Å². The van der Waals surface area contributed by atoms with E-state index in [0.717, 1.165) is 34.7 Å². The number of hydrogen-bond acceptors (Lipinski definition) is 1. The number of nitrogens with zero attached hydrogens (tertiary/aromatic N) is 2. The van der Waals surface area contributed by atoms with Gasteiger partial charge in [-0.15, -0.1) is 11.6 Å². The average molecular weight is 271 g/mol. The lowest BCUT2D eigenvalue weighted by Gasteiger charge is -2.16. The normalized spacial score (nSPS) is 13.2. The van der Waals surface area contributed by atoms with Crippen LogP contribution < -0.4 is 0 Å². The predicted molar refractivity (Wildman–Crippen MR) is 73.9 cm³/mol. The zero-order chi connectivity index (χ0) is 12.4. The summed E-state index contributed by atoms with van der Waals surface area (Å²) in [6, 6.07) is 6.18. The third-order valence-corrected chi connectivity index (χ3v) is 3.47. The molecule has 0 N–H and O–H groups in total. The van der Waals surface area contributed by atoms with Crippen LogP contribution in [-0.4, -0.2) is 9.55 Å². The topological polar surface area (TPSA) is 17.8 Å². The average Bonchev–Trinajstić information content (AvgIpc) is 2.66. The number of alkyl halides is 1. The van der Waals surface area contributed by atoms with Crippen LogP contribution >= 0.6 is 23.2 Å². The summed E-state index contributed by atoms with van der Waals surface area (Å²) >= 11 is 12.0. The maximum atomic E-state index is 6.05. The summed E-state index contributed by atoms with van der Waals surface area (Å²) in [5.74, 6) is 1.35. The summed E-state index contributed by atoms with van der Waals surface area (Å²) in [7, 11) is 0. The zero-order valence-electron chi connectivity index (χ0n) is 10.1. The SMILES string of the molecule is CCCC(C)n1c(CCl)nc2ccc(Cl)cc21. The highest BCUT2D eigenvalue weighted by molar-refractivity contribution is 6.31. The molecule has 0 amide bonds. The van der Waals surface area contributed by atoms with Gasteiger partial charge in [-0.25, -0.2) is 4.98 Å². The van der Waals surface area contributed by atoms with E-state index < -0.39 is 0 Å². The molecule has 0 saturated heterocycles. The van der Waals surface area contributed by atoms with E-state index in [-0.39, 0.29) is 0 Å². The van der Waals surface area contributed by atoms with Crippen molar-refractivity contribution in [2.75, 3.05) is 0 Å². The Labute approximate surface area is 112 Å². The second kappa shape index (κ2) is 5.28. The van der Waals surface area contributed by atoms with Crippen LogP contribution in [0.4, 0.5) is 0 Å². The lowest BCUT2D eigenvalue weighted by molar-refractivity contribution is 0.500. The highest BCUT2D eigenvalue weighted by Crippen LogP contribution is 2.27. The fourth-order valence-electron chi connectivity index (χ4n) is 2.25. The third-order valence-electron chi connectivity index (χ3n) is 2.99. The smallest absolute Gasteiger partial charge is 0.125 e. The minimum Gasteiger partial charge on any atom is -0.324 e. The van der Waals surface area contributed by atoms with Gasteiger partial charge in [-0.2, -0.15) is 0 Å². The first-order valence-electron chi connectivity index (χ1n) is 5.89. The van der Waals surface area contributed by atoms with Crippen molar-refractivity contribution < 1.29 is 0 Å². The van der Waals surface area contributed by atoms with Gasteiger partial charge in [0.2, 0.25) is 0 Å². The van der Waals surface area contributed by atoms with E-state index in [1.807, 2.05) is 18.2 Å². The Bertz CT molecular complexity index is 519. The molecule has 92 valence electrons. The fraction of sp³-hybridized carbons (Fsp3) is 0.462. The molecule has 0 aliphatic heterocycles. The number of rotatable bonds is 4. The van der Waals surface area contributed by atoms with Crippen LogP contribution in [0.15, 0.2) is 18.2 Å². The molecule has 1 aromatic carbocycles. The van der Waals surface area contributed by atoms with Gasteiger partial charge in [-0.1, -0.05) is 24.9 Å². The van der Waals surface area contributed by atoms with E-state index in [9.17, 15) is 0 Å². The van der Waals surface area contributed by atoms with Gasteiger partial charge in [-0.3, -0.25) is 0 Å². The summed E-state index contributed by atoms with van der Waals surface area (Å²) in [4.78, 5) is 4.55. The second-order valence-electron chi connectivity index (χ2n) is 4.30. The number of aromatic nitrogens is 2. The van der Waals surface area contributed by atoms with Gasteiger partial charge in [-0.05, 0) is 31.5 Å². The lowest BCUT2D eigenvalue weighted by atomic mass is 10.2. The van der Waals surface area contributed by atoms with Gasteiger partial charge >= 0.3 is 0 Å². The third kappa shape index (κ3) is 2.43. The van der Waals surface area contributed by atoms with Gasteiger partial charge in [0.25, 0.3) is 0 Å². The molecule has 0 aliphatic carbocycles. The molecule has 17 heavy (non-hydrogen) atoms. The molecule has 2 nitrogen and oxygen atoms in total. The minimum absolute atomic E-state index is 0.400. The van der Waals surface area contributed by atoms with Crippen LogP contribution in [0.2, 0.25) is 5.02 Å². The molecule has 1 atom stereocenters. The summed E-state index contributed by atoms with van der Waals surface area (Å²) in [6.45, 7) is 4.38. The van der Waals surface area contributed by atoms with Gasteiger partial charge in [0.1, 0.15) is 5.82 Å². The van der Waals surface area contributed by atoms with Gasteiger partial charge < -0.3 is 4.57 Å². The van der Waals surface area contributed by atoms with Crippen LogP contribution in [0.3, 0.4) is 0 Å². The number of hydrogen-bond donors (Lipinski definition) is 0. The molecular weight excluding hydrogens is 255 g/mol. The Morgan fingerprint density at radius 1 is 1.41 bits per heavy atom. The molecule has 0 spiro atoms. The van der Waals surface area contributed by atoms with Gasteiger partial charge in [0.15, 0.2) is 0 Å². The fourth-order valence-corrected chi connectivity index (χ4v) is 2.60. The standard InChI is InChI=1S/C13H16Cl2N2/c1-3-4-9(2)17-12-7-10(15)5-6-11(12)16-13(17)8-14/h5-7,9H,3-4,8H2,1-2H3. The maximum absolute atomic E-state index is 6.05. The van der Waals surface area contributed by atoms with E-state index in [4.69, 9.17) is 23.2 Å². The zero-order valence-corrected chi connectivity index (χ0v) is 11.6. The van der Waals surface area contributed by atoms with E-state index in [2.05, 4.69) is 23.4 Å². The van der Waals surface area contributed by atoms with E-state index in [0.29, 0.717) is 11.9 Å². The molecule has 1 unspecified atom stereocenters. The first kappa shape index (κ1) is 12.7. The molecule has 2 rings (SSSR count). The first-order valence-corrected chi connectivity index (χ1v) is 6.81. The van der Waals surface area contributed by atoms with Crippen molar-refractivity contribution in [2.45, 2.75) is 38.6 Å². The molecule has 0 radical (unpaired) electrons. The van der Waals surface area contributed by atoms with Crippen molar-refractivity contribution in [3.8, 4) is 0 Å². The lowest BCUT2D eigenvalue weighted by Crippen LogP contribution is -2.08. The van der Waals surface area contributed by atoms with E-state index in [1.54, 1.807) is 0 Å². The van der Waals surface area contributed by atoms with Gasteiger partial charge in [0, 0.05) is 11.1 Å². The highest BCUT2D eigenvalue weighted by Gasteiger charge is 2.14. The molecule has 0 saturated carbocycles. The van der Waals surface area contributed by atoms with Crippen molar-refractivity contribution in [1.82, 2.24) is 9.55 Å². The quantitative estimate of drug-likeness (QED) is 0.731. The monoisotopic (exact) mass is 270 g/mol. The highest BCUT2D eigenvalue weighted by atomic mass is 35.5. The van der Waals surface area contributed by atoms with Crippen molar-refractivity contribution in [3.63, 3.8) is 0 Å². The van der Waals surface area contributed by atoms with Crippen LogP contribution in [0, 0.1) is 0 Å². The van der Waals surface area contributed by atoms with Gasteiger partial charge in [0.05, 0.1) is 16.9 Å². The Balaban J connectivity index is 2.60. The Morgan fingerprint density at radius 3 is 2.82 bits per heavy atom. The molecule has 0 fully saturated rings. The number of fused-ring (bicyclic) bond motifs is 1. The van der Waals surface area contributed by atoms with Crippen LogP contribution in [0.25, 0.3) is 11.0 Å². The van der Waals surface area contributed by atoms with Crippen molar-refractivity contribution >= 4 is 34.2 Å². The van der Waals surface area contributed by atoms with Crippen LogP contribution in [-0.2, 0) is 5.88 Å². The first-order chi connectivity index (χ1) is 8.17. The predicted octanol–water partition coefficient (Wildman–Crippen LogP) is 4.79. The molecule has 2 aromatic rings. The summed E-state index contributed by atoms with van der Waals surface area (Å²) in [5, 5.41) is 0.739. The second-order valence-corrected chi connectivity index (χ2v) is 5.01. The minimum atomic E-state index is 0.400. The van der Waals surface area contributed by atoms with Crippen molar-refractivity contribution in [3.05, 3.63) is 29.0 Å². The Kier molecular flexibility index (Phi) is 3.95. The molecular formula is C13H16Cl2N2. The van der Waals surface area contributed by atoms with E-state index in [1.165, 1.54) is 0 Å². The Morgan fingerprint density at radius 2 is 2.18 bits per heavy atom. The molecule has 0 aliphatic rings. The van der Waals surface area contributed by atoms with Crippen molar-refractivity contribution in [2.24, 2.45) is 0 Å². The number of benzene rings is 1. The summed E-state index contributed by atoms with van der Waals surface area (Å²) in [6.07, 6.45) is 2.25. The molecule has 1 aromatic heterocycles. The summed E-state index contributed by atoms with van der Waals surface area (Å²) < 4.78 is 2.21. The van der Waals surface area contributed by atoms with Crippen LogP contribution in [0.1, 0.15) is 38.6 Å². The maximum Gasteiger partial charge on any atom is 0.125 e. The number of imidazole rings is 1. The molecule has 4 heteroatoms. The largest absolute Gasteiger partial charge is 0.324 e.